The molecule has 1 aliphatic rings. The zero-order valence-corrected chi connectivity index (χ0v) is 35.2. The van der Waals surface area contributed by atoms with Crippen LogP contribution < -0.4 is 20.3 Å². The molecule has 0 aliphatic carbocycles. The maximum Gasteiger partial charge on any atom is 0.337 e. The summed E-state index contributed by atoms with van der Waals surface area (Å²) in [6.45, 7) is 7.12. The summed E-state index contributed by atoms with van der Waals surface area (Å²) in [4.78, 5) is 59.5. The van der Waals surface area contributed by atoms with Gasteiger partial charge in [0.15, 0.2) is 17.1 Å². The number of H-pyrrole nitrogens is 1. The monoisotopic (exact) mass is 883 g/mol. The number of fused-ring (bicyclic) bond motifs is 2. The van der Waals surface area contributed by atoms with Crippen LogP contribution in [-0.4, -0.2) is 114 Å². The van der Waals surface area contributed by atoms with Crippen LogP contribution in [0.15, 0.2) is 94.6 Å². The van der Waals surface area contributed by atoms with Crippen molar-refractivity contribution >= 4 is 40.1 Å². The van der Waals surface area contributed by atoms with Gasteiger partial charge in [0.05, 0.1) is 28.8 Å². The lowest BCUT2D eigenvalue weighted by Crippen LogP contribution is -2.76. The smallest absolute Gasteiger partial charge is 0.337 e. The van der Waals surface area contributed by atoms with Crippen LogP contribution in [-0.2, 0) is 23.9 Å². The van der Waals surface area contributed by atoms with E-state index in [0.29, 0.717) is 34.0 Å². The fourth-order valence-electron chi connectivity index (χ4n) is 7.97. The van der Waals surface area contributed by atoms with E-state index in [-0.39, 0.29) is 53.3 Å². The van der Waals surface area contributed by atoms with Crippen LogP contribution in [0, 0.1) is 19.8 Å². The average Bonchev–Trinajstić information content (AvgIpc) is 3.83. The highest BCUT2D eigenvalue weighted by Gasteiger charge is 2.64. The third-order valence-corrected chi connectivity index (χ3v) is 11.0. The zero-order valence-electron chi connectivity index (χ0n) is 35.2. The summed E-state index contributed by atoms with van der Waals surface area (Å²) in [5.74, 6) is -3.56. The number of nitrogens with zero attached hydrogens (tertiary/aromatic N) is 1. The number of aryl methyl sites for hydroxylation is 2. The van der Waals surface area contributed by atoms with Crippen molar-refractivity contribution < 1.29 is 68.5 Å². The van der Waals surface area contributed by atoms with Crippen LogP contribution in [0.5, 0.6) is 11.5 Å². The number of aliphatic hydroxyl groups excluding tert-OH is 3. The number of aliphatic carboxylic acids is 1. The van der Waals surface area contributed by atoms with Gasteiger partial charge in [-0.2, -0.15) is 4.73 Å². The van der Waals surface area contributed by atoms with Crippen LogP contribution in [0.25, 0.3) is 44.3 Å². The molecular weight excluding hydrogens is 835 g/mol. The van der Waals surface area contributed by atoms with Gasteiger partial charge < -0.3 is 63.9 Å². The Morgan fingerprint density at radius 1 is 1.02 bits per heavy atom. The number of benzene rings is 3. The lowest BCUT2D eigenvalue weighted by Gasteiger charge is -2.51. The highest BCUT2D eigenvalue weighted by atomic mass is 16.8. The van der Waals surface area contributed by atoms with E-state index in [0.717, 1.165) is 11.1 Å². The number of aromatic hydroxyl groups is 1. The van der Waals surface area contributed by atoms with Crippen molar-refractivity contribution in [1.29, 1.82) is 0 Å². The van der Waals surface area contributed by atoms with Gasteiger partial charge in [-0.3, -0.25) is 10.1 Å². The zero-order chi connectivity index (χ0) is 46.0. The summed E-state index contributed by atoms with van der Waals surface area (Å²) >= 11 is 0. The van der Waals surface area contributed by atoms with Gasteiger partial charge in [-0.05, 0) is 74.2 Å². The molecule has 0 spiro atoms. The first-order valence-corrected chi connectivity index (χ1v) is 20.5. The third-order valence-electron chi connectivity index (χ3n) is 11.0. The molecule has 0 saturated carbocycles. The SMILES string of the molecule is Cc1cc(C)cc(-c2c3[nH]ccc3cn2O[C@@H]2[C@@H](Oc3ccc4c(=O)c(-c5ccc(O)cc5)coc4c3)O[C@@H]([C@@H](O)OC(=O)[C@H](NCCC=O)C(=O)O)[C@H](O)[C@]2(O)[C@@H](O)CC(C)C)c1. The number of carboxylic acids is 1. The Labute approximate surface area is 365 Å². The number of hydrogen-bond donors (Lipinski definition) is 8. The van der Waals surface area contributed by atoms with E-state index in [9.17, 15) is 49.8 Å². The van der Waals surface area contributed by atoms with Crippen molar-refractivity contribution in [2.45, 2.75) is 89.2 Å². The first kappa shape index (κ1) is 45.5. The number of aldehydes is 1. The lowest BCUT2D eigenvalue weighted by molar-refractivity contribution is -0.361. The molecule has 8 atom stereocenters. The molecule has 18 nitrogen and oxygen atoms in total. The molecule has 3 aromatic carbocycles. The van der Waals surface area contributed by atoms with E-state index in [1.165, 1.54) is 41.3 Å². The normalized spacial score (nSPS) is 21.4. The Balaban J connectivity index is 1.33. The second-order valence-corrected chi connectivity index (χ2v) is 16.3. The molecule has 0 bridgehead atoms. The van der Waals surface area contributed by atoms with Gasteiger partial charge >= 0.3 is 11.9 Å². The number of phenolic OH excluding ortho intramolecular Hbond substituents is 1. The number of rotatable bonds is 17. The molecule has 0 amide bonds. The Kier molecular flexibility index (Phi) is 13.3. The lowest BCUT2D eigenvalue weighted by atomic mass is 9.76. The average molecular weight is 884 g/mol. The van der Waals surface area contributed by atoms with Gasteiger partial charge in [0.2, 0.25) is 24.7 Å². The molecule has 64 heavy (non-hydrogen) atoms. The van der Waals surface area contributed by atoms with Crippen LogP contribution in [0.2, 0.25) is 0 Å². The van der Waals surface area contributed by atoms with Crippen molar-refractivity contribution in [3.05, 3.63) is 107 Å². The molecule has 0 unspecified atom stereocenters. The van der Waals surface area contributed by atoms with E-state index >= 15 is 0 Å². The first-order chi connectivity index (χ1) is 30.5. The number of carbonyl (C=O) groups is 3. The molecular formula is C46H49N3O15. The number of nitrogens with one attached hydrogen (secondary N) is 2. The molecule has 1 saturated heterocycles. The number of esters is 1. The third kappa shape index (κ3) is 9.10. The van der Waals surface area contributed by atoms with E-state index in [4.69, 9.17) is 23.5 Å². The fraction of sp³-hybridized carbons (Fsp3) is 0.348. The van der Waals surface area contributed by atoms with Crippen LogP contribution in [0.4, 0.5) is 0 Å². The Hall–Kier alpha value is -6.54. The highest BCUT2D eigenvalue weighted by molar-refractivity contribution is 5.98. The number of carbonyl (C=O) groups excluding carboxylic acids is 2. The minimum absolute atomic E-state index is 0.00964. The summed E-state index contributed by atoms with van der Waals surface area (Å²) in [6.07, 6.45) is -7.79. The van der Waals surface area contributed by atoms with Crippen molar-refractivity contribution in [3.63, 3.8) is 0 Å². The molecule has 6 aromatic rings. The second kappa shape index (κ2) is 18.7. The maximum atomic E-state index is 13.6. The minimum atomic E-state index is -2.82. The molecule has 338 valence electrons. The summed E-state index contributed by atoms with van der Waals surface area (Å²) in [6, 6.07) is 15.7. The van der Waals surface area contributed by atoms with Gasteiger partial charge in [-0.15, -0.1) is 0 Å². The molecule has 7 rings (SSSR count). The molecule has 3 aromatic heterocycles. The number of hydrogen-bond acceptors (Lipinski definition) is 15. The Morgan fingerprint density at radius 2 is 1.73 bits per heavy atom. The van der Waals surface area contributed by atoms with Crippen molar-refractivity contribution in [2.75, 3.05) is 6.54 Å². The standard InChI is InChI=1S/C46H49N3O15/c1-23(2)16-34(52)46(59)40(54)39(44(58)63-43(57)36(42(55)56)47-13-5-15-50)62-45(41(46)64-49-21-27-12-14-48-35(27)37(49)28-18-24(3)17-25(4)19-28)61-30-10-11-31-33(20-30)60-22-32(38(31)53)26-6-8-29(51)9-7-26/h6-12,14-15,17-23,34,36,39-41,44-45,47-48,51-52,54,58-59H,5,13,16H2,1-4H3,(H,55,56)/t34-,36+,39+,40-,41+,44-,45-,46+/m0/s1. The quantitative estimate of drug-likeness (QED) is 0.0215. The summed E-state index contributed by atoms with van der Waals surface area (Å²) in [5.41, 5.74) is 1.19. The van der Waals surface area contributed by atoms with Crippen molar-refractivity contribution in [2.24, 2.45) is 5.92 Å². The van der Waals surface area contributed by atoms with Gasteiger partial charge in [0, 0.05) is 36.2 Å². The molecule has 1 fully saturated rings. The summed E-state index contributed by atoms with van der Waals surface area (Å²) in [5, 5.41) is 71.0. The minimum Gasteiger partial charge on any atom is -0.508 e. The molecule has 8 N–H and O–H groups in total. The fourth-order valence-corrected chi connectivity index (χ4v) is 7.97. The number of aliphatic hydroxyl groups is 4. The van der Waals surface area contributed by atoms with Gasteiger partial charge in [0.25, 0.3) is 0 Å². The number of aromatic nitrogens is 2. The summed E-state index contributed by atoms with van der Waals surface area (Å²) < 4.78 is 24.8. The highest BCUT2D eigenvalue weighted by Crippen LogP contribution is 2.40. The predicted octanol–water partition coefficient (Wildman–Crippen LogP) is 3.33. The largest absolute Gasteiger partial charge is 0.508 e. The number of ether oxygens (including phenoxy) is 3. The molecule has 18 heteroatoms. The molecule has 1 aliphatic heterocycles. The topological polar surface area (TPSA) is 272 Å². The Morgan fingerprint density at radius 3 is 2.41 bits per heavy atom. The van der Waals surface area contributed by atoms with Crippen molar-refractivity contribution in [1.82, 2.24) is 15.0 Å². The molecule has 0 radical (unpaired) electrons. The summed E-state index contributed by atoms with van der Waals surface area (Å²) in [7, 11) is 0. The van der Waals surface area contributed by atoms with Gasteiger partial charge in [-0.25, -0.2) is 9.59 Å². The van der Waals surface area contributed by atoms with Crippen LogP contribution in [0.1, 0.15) is 37.8 Å². The van der Waals surface area contributed by atoms with Gasteiger partial charge in [0.1, 0.15) is 41.4 Å². The van der Waals surface area contributed by atoms with E-state index in [1.807, 2.05) is 32.0 Å². The number of aromatic amines is 1. The van der Waals surface area contributed by atoms with Gasteiger partial charge in [-0.1, -0.05) is 43.2 Å². The first-order valence-electron chi connectivity index (χ1n) is 20.5. The van der Waals surface area contributed by atoms with Crippen molar-refractivity contribution in [3.8, 4) is 33.9 Å². The molecule has 4 heterocycles. The number of carboxylic acid groups (broad SMARTS) is 1. The second-order valence-electron chi connectivity index (χ2n) is 16.3. The Bertz CT molecular complexity index is 2690. The maximum absolute atomic E-state index is 13.6. The van der Waals surface area contributed by atoms with Crippen LogP contribution in [0.3, 0.4) is 0 Å². The van der Waals surface area contributed by atoms with E-state index < -0.39 is 66.0 Å². The van der Waals surface area contributed by atoms with E-state index in [2.05, 4.69) is 10.3 Å². The van der Waals surface area contributed by atoms with Crippen LogP contribution >= 0.6 is 0 Å². The van der Waals surface area contributed by atoms with E-state index in [1.54, 1.807) is 44.4 Å². The number of phenols is 1. The predicted molar refractivity (Wildman–Crippen MR) is 229 cm³/mol.